The van der Waals surface area contributed by atoms with Crippen molar-refractivity contribution in [3.63, 3.8) is 0 Å². The van der Waals surface area contributed by atoms with Gasteiger partial charge in [0.25, 0.3) is 0 Å². The van der Waals surface area contributed by atoms with Crippen LogP contribution < -0.4 is 5.73 Å². The lowest BCUT2D eigenvalue weighted by atomic mass is 9.85. The first-order valence-corrected chi connectivity index (χ1v) is 7.95. The summed E-state index contributed by atoms with van der Waals surface area (Å²) in [5, 5.41) is 3.90. The van der Waals surface area contributed by atoms with Gasteiger partial charge in [0.2, 0.25) is 11.8 Å². The first kappa shape index (κ1) is 19.9. The summed E-state index contributed by atoms with van der Waals surface area (Å²) >= 11 is 0. The van der Waals surface area contributed by atoms with Gasteiger partial charge in [-0.1, -0.05) is 11.6 Å². The molecule has 7 nitrogen and oxygen atoms in total. The molecule has 0 bridgehead atoms. The maximum Gasteiger partial charge on any atom is 0.246 e. The summed E-state index contributed by atoms with van der Waals surface area (Å²) in [6.07, 6.45) is 3.49. The zero-order valence-corrected chi connectivity index (χ0v) is 14.8. The van der Waals surface area contributed by atoms with E-state index in [9.17, 15) is 4.79 Å². The highest BCUT2D eigenvalue weighted by Crippen LogP contribution is 2.25. The third-order valence-electron chi connectivity index (χ3n) is 4.08. The van der Waals surface area contributed by atoms with Gasteiger partial charge in [-0.3, -0.25) is 4.79 Å². The summed E-state index contributed by atoms with van der Waals surface area (Å²) in [5.74, 6) is 1.06. The largest absolute Gasteiger partial charge is 0.371 e. The van der Waals surface area contributed by atoms with Crippen LogP contribution in [0.15, 0.2) is 4.52 Å². The predicted octanol–water partition coefficient (Wildman–Crippen LogP) is 2.06. The third kappa shape index (κ3) is 5.44. The Bertz CT molecular complexity index is 497. The fourth-order valence-corrected chi connectivity index (χ4v) is 2.87. The summed E-state index contributed by atoms with van der Waals surface area (Å²) in [6, 6.07) is 0.137. The molecule has 0 radical (unpaired) electrons. The number of rotatable bonds is 6. The smallest absolute Gasteiger partial charge is 0.246 e. The highest BCUT2D eigenvalue weighted by atomic mass is 35.5. The molecule has 0 aromatic carbocycles. The van der Waals surface area contributed by atoms with Crippen LogP contribution in [-0.2, 0) is 16.1 Å². The van der Waals surface area contributed by atoms with E-state index in [1.165, 1.54) is 0 Å². The Morgan fingerprint density at radius 2 is 2.26 bits per heavy atom. The van der Waals surface area contributed by atoms with E-state index in [0.717, 1.165) is 25.7 Å². The van der Waals surface area contributed by atoms with Gasteiger partial charge in [0.05, 0.1) is 6.54 Å². The molecule has 1 fully saturated rings. The summed E-state index contributed by atoms with van der Waals surface area (Å²) < 4.78 is 10.6. The molecule has 132 valence electrons. The van der Waals surface area contributed by atoms with Crippen LogP contribution in [0.4, 0.5) is 0 Å². The standard InChI is InChI=1S/C15H26N4O3.ClH/c1-4-21-10(2)14-17-13(22-18-14)9-19(3)15(20)11-6-5-7-12(16)8-11;/h10-12H,4-9,16H2,1-3H3;1H. The minimum Gasteiger partial charge on any atom is -0.371 e. The molecule has 1 aromatic rings. The number of ether oxygens (including phenoxy) is 1. The second-order valence-corrected chi connectivity index (χ2v) is 5.96. The zero-order valence-electron chi connectivity index (χ0n) is 14.0. The number of nitrogens with zero attached hydrogens (tertiary/aromatic N) is 3. The van der Waals surface area contributed by atoms with E-state index >= 15 is 0 Å². The number of carbonyl (C=O) groups excluding carboxylic acids is 1. The number of carbonyl (C=O) groups is 1. The van der Waals surface area contributed by atoms with Crippen molar-refractivity contribution in [2.24, 2.45) is 11.7 Å². The van der Waals surface area contributed by atoms with Crippen LogP contribution in [0.2, 0.25) is 0 Å². The average molecular weight is 347 g/mol. The Kier molecular flexibility index (Phi) is 7.94. The second kappa shape index (κ2) is 9.20. The lowest BCUT2D eigenvalue weighted by molar-refractivity contribution is -0.136. The van der Waals surface area contributed by atoms with Gasteiger partial charge >= 0.3 is 0 Å². The Hall–Kier alpha value is -1.18. The van der Waals surface area contributed by atoms with Crippen LogP contribution in [0.25, 0.3) is 0 Å². The fraction of sp³-hybridized carbons (Fsp3) is 0.800. The van der Waals surface area contributed by atoms with Crippen molar-refractivity contribution in [1.29, 1.82) is 0 Å². The molecule has 2 N–H and O–H groups in total. The lowest BCUT2D eigenvalue weighted by Gasteiger charge is -2.28. The highest BCUT2D eigenvalue weighted by molar-refractivity contribution is 5.85. The van der Waals surface area contributed by atoms with Crippen LogP contribution in [0, 0.1) is 5.92 Å². The van der Waals surface area contributed by atoms with Crippen LogP contribution in [0.5, 0.6) is 0 Å². The molecule has 23 heavy (non-hydrogen) atoms. The van der Waals surface area contributed by atoms with Gasteiger partial charge in [-0.15, -0.1) is 12.4 Å². The summed E-state index contributed by atoms with van der Waals surface area (Å²) in [6.45, 7) is 4.69. The summed E-state index contributed by atoms with van der Waals surface area (Å²) in [4.78, 5) is 18.4. The number of hydrogen-bond acceptors (Lipinski definition) is 6. The van der Waals surface area contributed by atoms with Crippen LogP contribution in [0.1, 0.15) is 57.3 Å². The molecule has 1 aliphatic carbocycles. The van der Waals surface area contributed by atoms with Crippen molar-refractivity contribution >= 4 is 18.3 Å². The Morgan fingerprint density at radius 3 is 2.91 bits per heavy atom. The fourth-order valence-electron chi connectivity index (χ4n) is 2.87. The van der Waals surface area contributed by atoms with Gasteiger partial charge in [0, 0.05) is 25.6 Å². The van der Waals surface area contributed by atoms with Gasteiger partial charge in [0.1, 0.15) is 6.10 Å². The molecule has 2 rings (SSSR count). The van der Waals surface area contributed by atoms with E-state index in [0.29, 0.717) is 24.9 Å². The third-order valence-corrected chi connectivity index (χ3v) is 4.08. The molecular formula is C15H27ClN4O3. The maximum atomic E-state index is 12.4. The molecule has 1 heterocycles. The van der Waals surface area contributed by atoms with E-state index in [1.54, 1.807) is 11.9 Å². The van der Waals surface area contributed by atoms with Gasteiger partial charge in [-0.25, -0.2) is 0 Å². The van der Waals surface area contributed by atoms with E-state index in [4.69, 9.17) is 15.0 Å². The van der Waals surface area contributed by atoms with Crippen molar-refractivity contribution in [2.75, 3.05) is 13.7 Å². The van der Waals surface area contributed by atoms with E-state index < -0.39 is 0 Å². The second-order valence-electron chi connectivity index (χ2n) is 5.96. The van der Waals surface area contributed by atoms with E-state index in [1.807, 2.05) is 13.8 Å². The van der Waals surface area contributed by atoms with Gasteiger partial charge in [-0.05, 0) is 33.1 Å². The van der Waals surface area contributed by atoms with Crippen molar-refractivity contribution in [3.05, 3.63) is 11.7 Å². The molecule has 0 spiro atoms. The molecule has 8 heteroatoms. The van der Waals surface area contributed by atoms with Gasteiger partial charge in [0.15, 0.2) is 5.82 Å². The molecule has 1 aromatic heterocycles. The highest BCUT2D eigenvalue weighted by Gasteiger charge is 2.28. The van der Waals surface area contributed by atoms with E-state index in [-0.39, 0.29) is 36.4 Å². The Labute approximate surface area is 143 Å². The predicted molar refractivity (Wildman–Crippen MR) is 88.0 cm³/mol. The van der Waals surface area contributed by atoms with Crippen molar-refractivity contribution in [3.8, 4) is 0 Å². The minimum absolute atomic E-state index is 0. The molecule has 1 saturated carbocycles. The molecule has 0 saturated heterocycles. The SMILES string of the molecule is CCOC(C)c1noc(CN(C)C(=O)C2CCCC(N)C2)n1.Cl. The van der Waals surface area contributed by atoms with Gasteiger partial charge in [-0.2, -0.15) is 4.98 Å². The minimum atomic E-state index is -0.208. The van der Waals surface area contributed by atoms with Crippen molar-refractivity contribution in [2.45, 2.75) is 58.2 Å². The quantitative estimate of drug-likeness (QED) is 0.847. The van der Waals surface area contributed by atoms with Crippen molar-refractivity contribution < 1.29 is 14.1 Å². The number of amides is 1. The zero-order chi connectivity index (χ0) is 16.1. The first-order chi connectivity index (χ1) is 10.5. The first-order valence-electron chi connectivity index (χ1n) is 7.95. The molecule has 3 unspecified atom stereocenters. The van der Waals surface area contributed by atoms with E-state index in [2.05, 4.69) is 10.1 Å². The molecule has 3 atom stereocenters. The van der Waals surface area contributed by atoms with Gasteiger partial charge < -0.3 is 19.9 Å². The Balaban J connectivity index is 0.00000264. The van der Waals surface area contributed by atoms with Crippen molar-refractivity contribution in [1.82, 2.24) is 15.0 Å². The summed E-state index contributed by atoms with van der Waals surface area (Å²) in [5.41, 5.74) is 5.96. The normalized spacial score (nSPS) is 22.3. The number of aromatic nitrogens is 2. The monoisotopic (exact) mass is 346 g/mol. The average Bonchev–Trinajstić information content (AvgIpc) is 2.95. The molecular weight excluding hydrogens is 320 g/mol. The number of halogens is 1. The van der Waals surface area contributed by atoms with Crippen LogP contribution in [0.3, 0.4) is 0 Å². The number of nitrogens with two attached hydrogens (primary N) is 1. The molecule has 1 aliphatic rings. The topological polar surface area (TPSA) is 94.5 Å². The van der Waals surface area contributed by atoms with Crippen LogP contribution in [-0.4, -0.2) is 40.6 Å². The van der Waals surface area contributed by atoms with Crippen LogP contribution >= 0.6 is 12.4 Å². The lowest BCUT2D eigenvalue weighted by Crippen LogP contribution is -2.38. The summed E-state index contributed by atoms with van der Waals surface area (Å²) in [7, 11) is 1.76. The maximum absolute atomic E-state index is 12.4. The Morgan fingerprint density at radius 1 is 1.52 bits per heavy atom. The number of hydrogen-bond donors (Lipinski definition) is 1. The molecule has 1 amide bonds. The molecule has 0 aliphatic heterocycles.